The minimum Gasteiger partial charge on any atom is -0.311 e. The summed E-state index contributed by atoms with van der Waals surface area (Å²) in [6, 6.07) is 0. The number of hydrogen-bond acceptors (Lipinski definition) is 6. The Kier molecular flexibility index (Phi) is 3.11. The van der Waals surface area contributed by atoms with Gasteiger partial charge < -0.3 is 5.32 Å². The van der Waals surface area contributed by atoms with Crippen molar-refractivity contribution in [1.82, 2.24) is 15.3 Å². The van der Waals surface area contributed by atoms with Gasteiger partial charge in [-0.05, 0) is 6.92 Å². The van der Waals surface area contributed by atoms with E-state index in [2.05, 4.69) is 20.6 Å². The van der Waals surface area contributed by atoms with Crippen LogP contribution in [0.3, 0.4) is 0 Å². The van der Waals surface area contributed by atoms with Crippen molar-refractivity contribution in [2.75, 3.05) is 11.9 Å². The van der Waals surface area contributed by atoms with E-state index in [0.717, 1.165) is 30.2 Å². The summed E-state index contributed by atoms with van der Waals surface area (Å²) in [7, 11) is 0. The Bertz CT molecular complexity index is 566. The van der Waals surface area contributed by atoms with Crippen LogP contribution in [0, 0.1) is 6.92 Å². The van der Waals surface area contributed by atoms with Crippen LogP contribution in [0.2, 0.25) is 0 Å². The molecule has 94 valence electrons. The van der Waals surface area contributed by atoms with Crippen LogP contribution in [0.4, 0.5) is 5.13 Å². The van der Waals surface area contributed by atoms with Crippen LogP contribution in [0.25, 0.3) is 0 Å². The number of aryl methyl sites for hydroxylation is 1. The van der Waals surface area contributed by atoms with Crippen LogP contribution in [0.15, 0.2) is 5.38 Å². The number of amides is 1. The van der Waals surface area contributed by atoms with Gasteiger partial charge in [-0.1, -0.05) is 0 Å². The number of carbonyl (C=O) groups excluding carboxylic acids is 1. The molecule has 0 atom stereocenters. The minimum atomic E-state index is -0.182. The number of thiazole rings is 2. The maximum atomic E-state index is 11.9. The fraction of sp³-hybridized carbons (Fsp3) is 0.364. The number of anilines is 1. The van der Waals surface area contributed by atoms with Gasteiger partial charge in [0.05, 0.1) is 10.7 Å². The van der Waals surface area contributed by atoms with Crippen molar-refractivity contribution in [2.45, 2.75) is 19.9 Å². The molecular weight excluding hydrogens is 268 g/mol. The summed E-state index contributed by atoms with van der Waals surface area (Å²) in [6.45, 7) is 3.68. The summed E-state index contributed by atoms with van der Waals surface area (Å²) < 4.78 is 0. The maximum absolute atomic E-state index is 11.9. The molecule has 0 saturated heterocycles. The second-order valence-corrected chi connectivity index (χ2v) is 6.17. The number of nitrogens with zero attached hydrogens (tertiary/aromatic N) is 2. The average molecular weight is 280 g/mol. The average Bonchev–Trinajstić information content (AvgIpc) is 2.94. The highest BCUT2D eigenvalue weighted by atomic mass is 32.1. The van der Waals surface area contributed by atoms with Gasteiger partial charge in [0.2, 0.25) is 0 Å². The molecule has 5 nitrogen and oxygen atoms in total. The SMILES string of the molecule is Cc1nc(C(=O)Nc2nc3c(s2)CNCC3)cs1. The van der Waals surface area contributed by atoms with Crippen molar-refractivity contribution < 1.29 is 4.79 Å². The number of rotatable bonds is 2. The van der Waals surface area contributed by atoms with E-state index in [9.17, 15) is 4.79 Å². The third-order valence-corrected chi connectivity index (χ3v) is 4.46. The monoisotopic (exact) mass is 280 g/mol. The lowest BCUT2D eigenvalue weighted by atomic mass is 10.2. The summed E-state index contributed by atoms with van der Waals surface area (Å²) >= 11 is 3.01. The molecule has 7 heteroatoms. The summed E-state index contributed by atoms with van der Waals surface area (Å²) in [5, 5.41) is 9.42. The Balaban J connectivity index is 1.76. The molecule has 2 N–H and O–H groups in total. The minimum absolute atomic E-state index is 0.182. The maximum Gasteiger partial charge on any atom is 0.276 e. The number of fused-ring (bicyclic) bond motifs is 1. The molecule has 1 aliphatic heterocycles. The van der Waals surface area contributed by atoms with Gasteiger partial charge >= 0.3 is 0 Å². The number of aromatic nitrogens is 2. The second kappa shape index (κ2) is 4.75. The Labute approximate surface area is 112 Å². The molecule has 3 rings (SSSR count). The van der Waals surface area contributed by atoms with Crippen molar-refractivity contribution in [3.8, 4) is 0 Å². The predicted molar refractivity (Wildman–Crippen MR) is 72.3 cm³/mol. The van der Waals surface area contributed by atoms with Crippen LogP contribution >= 0.6 is 22.7 Å². The van der Waals surface area contributed by atoms with Crippen molar-refractivity contribution in [3.05, 3.63) is 26.7 Å². The molecule has 0 fully saturated rings. The Morgan fingerprint density at radius 3 is 3.11 bits per heavy atom. The van der Waals surface area contributed by atoms with Gasteiger partial charge in [0.25, 0.3) is 5.91 Å². The van der Waals surface area contributed by atoms with Crippen LogP contribution in [-0.4, -0.2) is 22.4 Å². The highest BCUT2D eigenvalue weighted by molar-refractivity contribution is 7.16. The van der Waals surface area contributed by atoms with Crippen LogP contribution in [-0.2, 0) is 13.0 Å². The summed E-state index contributed by atoms with van der Waals surface area (Å²) in [5.41, 5.74) is 1.56. The van der Waals surface area contributed by atoms with E-state index in [0.29, 0.717) is 10.8 Å². The third-order valence-electron chi connectivity index (χ3n) is 2.67. The molecule has 0 bridgehead atoms. The summed E-state index contributed by atoms with van der Waals surface area (Å²) in [5.74, 6) is -0.182. The number of nitrogens with one attached hydrogen (secondary N) is 2. The van der Waals surface area contributed by atoms with E-state index in [1.54, 1.807) is 5.38 Å². The van der Waals surface area contributed by atoms with E-state index in [1.165, 1.54) is 27.6 Å². The van der Waals surface area contributed by atoms with Crippen molar-refractivity contribution in [3.63, 3.8) is 0 Å². The zero-order chi connectivity index (χ0) is 12.5. The number of carbonyl (C=O) groups is 1. The number of hydrogen-bond donors (Lipinski definition) is 2. The smallest absolute Gasteiger partial charge is 0.276 e. The molecule has 1 aliphatic rings. The Morgan fingerprint density at radius 2 is 2.39 bits per heavy atom. The highest BCUT2D eigenvalue weighted by Crippen LogP contribution is 2.25. The second-order valence-electron chi connectivity index (χ2n) is 4.02. The first kappa shape index (κ1) is 11.8. The summed E-state index contributed by atoms with van der Waals surface area (Å²) in [6.07, 6.45) is 0.928. The molecule has 1 amide bonds. The normalized spacial score (nSPS) is 14.3. The molecule has 0 spiro atoms. The first-order valence-electron chi connectivity index (χ1n) is 5.65. The lowest BCUT2D eigenvalue weighted by molar-refractivity contribution is 0.102. The molecule has 0 aliphatic carbocycles. The van der Waals surface area contributed by atoms with E-state index in [-0.39, 0.29) is 5.91 Å². The lowest BCUT2D eigenvalue weighted by Crippen LogP contribution is -2.22. The van der Waals surface area contributed by atoms with Crippen molar-refractivity contribution >= 4 is 33.7 Å². The third kappa shape index (κ3) is 2.29. The van der Waals surface area contributed by atoms with Crippen molar-refractivity contribution in [1.29, 1.82) is 0 Å². The van der Waals surface area contributed by atoms with Gasteiger partial charge in [-0.3, -0.25) is 10.1 Å². The van der Waals surface area contributed by atoms with Gasteiger partial charge in [0, 0.05) is 29.8 Å². The molecule has 0 radical (unpaired) electrons. The molecule has 0 unspecified atom stereocenters. The first-order chi connectivity index (χ1) is 8.72. The van der Waals surface area contributed by atoms with Gasteiger partial charge in [-0.15, -0.1) is 22.7 Å². The zero-order valence-electron chi connectivity index (χ0n) is 9.82. The van der Waals surface area contributed by atoms with Gasteiger partial charge in [-0.25, -0.2) is 9.97 Å². The van der Waals surface area contributed by atoms with Gasteiger partial charge in [0.1, 0.15) is 5.69 Å². The predicted octanol–water partition coefficient (Wildman–Crippen LogP) is 1.81. The first-order valence-corrected chi connectivity index (χ1v) is 7.35. The Hall–Kier alpha value is -1.31. The fourth-order valence-corrected chi connectivity index (χ4v) is 3.37. The molecule has 0 aromatic carbocycles. The standard InChI is InChI=1S/C11H12N4OS2/c1-6-13-8(5-17-6)10(16)15-11-14-7-2-3-12-4-9(7)18-11/h5,12H,2-4H2,1H3,(H,14,15,16). The quantitative estimate of drug-likeness (QED) is 0.880. The molecule has 2 aromatic rings. The topological polar surface area (TPSA) is 66.9 Å². The highest BCUT2D eigenvalue weighted by Gasteiger charge is 2.17. The van der Waals surface area contributed by atoms with Crippen molar-refractivity contribution in [2.24, 2.45) is 0 Å². The Morgan fingerprint density at radius 1 is 1.50 bits per heavy atom. The van der Waals surface area contributed by atoms with E-state index in [4.69, 9.17) is 0 Å². The van der Waals surface area contributed by atoms with Crippen LogP contribution < -0.4 is 10.6 Å². The van der Waals surface area contributed by atoms with E-state index < -0.39 is 0 Å². The zero-order valence-corrected chi connectivity index (χ0v) is 11.5. The fourth-order valence-electron chi connectivity index (χ4n) is 1.81. The van der Waals surface area contributed by atoms with Crippen LogP contribution in [0.5, 0.6) is 0 Å². The molecule has 0 saturated carbocycles. The summed E-state index contributed by atoms with van der Waals surface area (Å²) in [4.78, 5) is 21.7. The lowest BCUT2D eigenvalue weighted by Gasteiger charge is -2.09. The van der Waals surface area contributed by atoms with Gasteiger partial charge in [-0.2, -0.15) is 0 Å². The molecular formula is C11H12N4OS2. The van der Waals surface area contributed by atoms with Gasteiger partial charge in [0.15, 0.2) is 5.13 Å². The van der Waals surface area contributed by atoms with E-state index in [1.807, 2.05) is 6.92 Å². The molecule has 3 heterocycles. The van der Waals surface area contributed by atoms with Crippen LogP contribution in [0.1, 0.15) is 26.1 Å². The largest absolute Gasteiger partial charge is 0.311 e. The molecule has 18 heavy (non-hydrogen) atoms. The van der Waals surface area contributed by atoms with E-state index >= 15 is 0 Å². The molecule has 2 aromatic heterocycles.